The van der Waals surface area contributed by atoms with E-state index in [0.717, 1.165) is 32.3 Å². The number of rotatable bonds is 2. The summed E-state index contributed by atoms with van der Waals surface area (Å²) in [5.74, 6) is -0.0415. The molecule has 2 aliphatic heterocycles. The quantitative estimate of drug-likeness (QED) is 0.835. The summed E-state index contributed by atoms with van der Waals surface area (Å²) in [5.41, 5.74) is 0.895. The highest BCUT2D eigenvalue weighted by Crippen LogP contribution is 2.37. The second kappa shape index (κ2) is 6.14. The number of piperidine rings is 1. The maximum absolute atomic E-state index is 12.7. The van der Waals surface area contributed by atoms with E-state index < -0.39 is 0 Å². The minimum absolute atomic E-state index is 0.0415. The first-order valence-corrected chi connectivity index (χ1v) is 8.48. The average Bonchev–Trinajstić information content (AvgIpc) is 3.06. The van der Waals surface area contributed by atoms with Crippen LogP contribution in [0.2, 0.25) is 0 Å². The molecule has 2 fully saturated rings. The Kier molecular flexibility index (Phi) is 3.97. The molecule has 4 heterocycles. The highest BCUT2D eigenvalue weighted by molar-refractivity contribution is 5.93. The number of likely N-dealkylation sites (tertiary alicyclic amines) is 1. The smallest absolute Gasteiger partial charge is 0.274 e. The second-order valence-corrected chi connectivity index (χ2v) is 6.52. The van der Waals surface area contributed by atoms with Crippen LogP contribution in [0, 0.1) is 0 Å². The van der Waals surface area contributed by atoms with Crippen LogP contribution in [0.15, 0.2) is 24.5 Å². The van der Waals surface area contributed by atoms with Crippen molar-refractivity contribution in [3.05, 3.63) is 30.2 Å². The van der Waals surface area contributed by atoms with E-state index in [1.807, 2.05) is 4.90 Å². The zero-order valence-corrected chi connectivity index (χ0v) is 13.9. The minimum atomic E-state index is -0.232. The van der Waals surface area contributed by atoms with Crippen LogP contribution in [0.25, 0.3) is 5.65 Å². The van der Waals surface area contributed by atoms with Crippen LogP contribution < -0.4 is 0 Å². The molecule has 2 aromatic heterocycles. The van der Waals surface area contributed by atoms with E-state index in [-0.39, 0.29) is 17.6 Å². The Morgan fingerprint density at radius 1 is 1.42 bits per heavy atom. The Balaban J connectivity index is 1.48. The van der Waals surface area contributed by atoms with Crippen LogP contribution in [0.5, 0.6) is 0 Å². The van der Waals surface area contributed by atoms with Gasteiger partial charge in [0.1, 0.15) is 0 Å². The van der Waals surface area contributed by atoms with Crippen LogP contribution in [0.1, 0.15) is 36.2 Å². The van der Waals surface area contributed by atoms with Crippen molar-refractivity contribution in [1.82, 2.24) is 19.5 Å². The first kappa shape index (κ1) is 15.5. The largest absolute Gasteiger partial charge is 0.378 e. The average molecular weight is 330 g/mol. The first-order valence-electron chi connectivity index (χ1n) is 8.48. The van der Waals surface area contributed by atoms with E-state index in [1.165, 1.54) is 0 Å². The summed E-state index contributed by atoms with van der Waals surface area (Å²) in [6.07, 6.45) is 7.30. The number of nitrogens with zero attached hydrogens (tertiary/aromatic N) is 4. The van der Waals surface area contributed by atoms with E-state index in [1.54, 1.807) is 36.2 Å². The van der Waals surface area contributed by atoms with E-state index >= 15 is 0 Å². The summed E-state index contributed by atoms with van der Waals surface area (Å²) in [6.45, 7) is 2.12. The lowest BCUT2D eigenvalue weighted by atomic mass is 9.82. The molecule has 0 saturated carbocycles. The number of ether oxygens (including phenoxy) is 2. The number of fused-ring (bicyclic) bond motifs is 1. The topological polar surface area (TPSA) is 69.0 Å². The van der Waals surface area contributed by atoms with Crippen molar-refractivity contribution in [2.45, 2.75) is 37.4 Å². The summed E-state index contributed by atoms with van der Waals surface area (Å²) in [6, 6.07) is 3.53. The predicted octanol–water partition coefficient (Wildman–Crippen LogP) is 1.53. The Morgan fingerprint density at radius 3 is 3.00 bits per heavy atom. The SMILES string of the molecule is COC1CCCOC12CCN(C(=O)c1cc3ncccn3n1)CC2. The molecule has 1 amide bonds. The normalized spacial score (nSPS) is 23.7. The Morgan fingerprint density at radius 2 is 2.25 bits per heavy atom. The third-order valence-corrected chi connectivity index (χ3v) is 5.22. The summed E-state index contributed by atoms with van der Waals surface area (Å²) < 4.78 is 13.4. The molecule has 1 atom stereocenters. The summed E-state index contributed by atoms with van der Waals surface area (Å²) in [7, 11) is 1.75. The number of methoxy groups -OCH3 is 1. The molecule has 128 valence electrons. The molecule has 0 radical (unpaired) electrons. The Hall–Kier alpha value is -1.99. The van der Waals surface area contributed by atoms with Crippen molar-refractivity contribution in [3.63, 3.8) is 0 Å². The van der Waals surface area contributed by atoms with Crippen molar-refractivity contribution in [2.24, 2.45) is 0 Å². The van der Waals surface area contributed by atoms with E-state index in [4.69, 9.17) is 9.47 Å². The van der Waals surface area contributed by atoms with Crippen molar-refractivity contribution in [1.29, 1.82) is 0 Å². The van der Waals surface area contributed by atoms with Crippen molar-refractivity contribution >= 4 is 11.6 Å². The van der Waals surface area contributed by atoms with Gasteiger partial charge < -0.3 is 14.4 Å². The van der Waals surface area contributed by atoms with Gasteiger partial charge in [0, 0.05) is 45.3 Å². The molecule has 1 spiro atoms. The number of hydrogen-bond acceptors (Lipinski definition) is 5. The molecule has 0 N–H and O–H groups in total. The molecule has 0 bridgehead atoms. The fourth-order valence-corrected chi connectivity index (χ4v) is 3.88. The van der Waals surface area contributed by atoms with Gasteiger partial charge in [0.2, 0.25) is 0 Å². The van der Waals surface area contributed by atoms with Gasteiger partial charge in [-0.25, -0.2) is 9.50 Å². The predicted molar refractivity (Wildman–Crippen MR) is 86.8 cm³/mol. The van der Waals surface area contributed by atoms with Crippen molar-refractivity contribution in [3.8, 4) is 0 Å². The van der Waals surface area contributed by atoms with Gasteiger partial charge in [-0.3, -0.25) is 4.79 Å². The lowest BCUT2D eigenvalue weighted by molar-refractivity contribution is -0.183. The molecule has 0 aromatic carbocycles. The molecule has 7 heteroatoms. The number of aromatic nitrogens is 3. The number of amides is 1. The Labute approximate surface area is 140 Å². The number of hydrogen-bond donors (Lipinski definition) is 0. The monoisotopic (exact) mass is 330 g/mol. The van der Waals surface area contributed by atoms with Gasteiger partial charge in [-0.05, 0) is 31.7 Å². The van der Waals surface area contributed by atoms with Gasteiger partial charge in [-0.2, -0.15) is 5.10 Å². The maximum atomic E-state index is 12.7. The van der Waals surface area contributed by atoms with Crippen LogP contribution in [0.3, 0.4) is 0 Å². The van der Waals surface area contributed by atoms with Gasteiger partial charge in [-0.1, -0.05) is 0 Å². The molecular formula is C17H22N4O3. The molecule has 4 rings (SSSR count). The molecule has 1 unspecified atom stereocenters. The van der Waals surface area contributed by atoms with Crippen LogP contribution in [-0.2, 0) is 9.47 Å². The van der Waals surface area contributed by atoms with Gasteiger partial charge in [0.25, 0.3) is 5.91 Å². The third-order valence-electron chi connectivity index (χ3n) is 5.22. The fraction of sp³-hybridized carbons (Fsp3) is 0.588. The lowest BCUT2D eigenvalue weighted by Gasteiger charge is -2.47. The molecule has 24 heavy (non-hydrogen) atoms. The van der Waals surface area contributed by atoms with Gasteiger partial charge in [-0.15, -0.1) is 0 Å². The van der Waals surface area contributed by atoms with Gasteiger partial charge >= 0.3 is 0 Å². The maximum Gasteiger partial charge on any atom is 0.274 e. The van der Waals surface area contributed by atoms with Gasteiger partial charge in [0.15, 0.2) is 11.3 Å². The lowest BCUT2D eigenvalue weighted by Crippen LogP contribution is -2.56. The molecule has 2 aromatic rings. The third kappa shape index (κ3) is 2.57. The van der Waals surface area contributed by atoms with Gasteiger partial charge in [0.05, 0.1) is 11.7 Å². The molecule has 2 aliphatic rings. The first-order chi connectivity index (χ1) is 11.7. The standard InChI is InChI=1S/C17H22N4O3/c1-23-14-4-2-11-24-17(14)5-9-20(10-6-17)16(22)13-12-15-18-7-3-8-21(15)19-13/h3,7-8,12,14H,2,4-6,9-11H2,1H3. The summed E-state index contributed by atoms with van der Waals surface area (Å²) in [5, 5.41) is 4.33. The van der Waals surface area contributed by atoms with E-state index in [2.05, 4.69) is 10.1 Å². The molecule has 7 nitrogen and oxygen atoms in total. The number of carbonyl (C=O) groups excluding carboxylic acids is 1. The van der Waals surface area contributed by atoms with Crippen LogP contribution >= 0.6 is 0 Å². The summed E-state index contributed by atoms with van der Waals surface area (Å²) >= 11 is 0. The molecular weight excluding hydrogens is 308 g/mol. The molecule has 0 aliphatic carbocycles. The minimum Gasteiger partial charge on any atom is -0.378 e. The Bertz CT molecular complexity index is 703. The highest BCUT2D eigenvalue weighted by Gasteiger charge is 2.45. The second-order valence-electron chi connectivity index (χ2n) is 6.52. The summed E-state index contributed by atoms with van der Waals surface area (Å²) in [4.78, 5) is 18.8. The van der Waals surface area contributed by atoms with Crippen molar-refractivity contribution in [2.75, 3.05) is 26.8 Å². The van der Waals surface area contributed by atoms with E-state index in [0.29, 0.717) is 24.4 Å². The van der Waals surface area contributed by atoms with Crippen LogP contribution in [-0.4, -0.2) is 63.9 Å². The fourth-order valence-electron chi connectivity index (χ4n) is 3.88. The van der Waals surface area contributed by atoms with E-state index in [9.17, 15) is 4.79 Å². The van der Waals surface area contributed by atoms with Crippen LogP contribution in [0.4, 0.5) is 0 Å². The molecule has 2 saturated heterocycles. The van der Waals surface area contributed by atoms with Crippen molar-refractivity contribution < 1.29 is 14.3 Å². The zero-order valence-electron chi connectivity index (χ0n) is 13.9. The number of carbonyl (C=O) groups is 1. The highest BCUT2D eigenvalue weighted by atomic mass is 16.5. The zero-order chi connectivity index (χ0) is 16.6.